The Hall–Kier alpha value is -2.07. The fraction of sp³-hybridized carbons (Fsp3) is 0.125. The molecule has 2 aromatic carbocycles. The Labute approximate surface area is 119 Å². The van der Waals surface area contributed by atoms with Crippen molar-refractivity contribution in [2.75, 3.05) is 6.26 Å². The van der Waals surface area contributed by atoms with Crippen LogP contribution < -0.4 is 0 Å². The Morgan fingerprint density at radius 1 is 0.850 bits per heavy atom. The lowest BCUT2D eigenvalue weighted by atomic mass is 9.97. The van der Waals surface area contributed by atoms with Crippen molar-refractivity contribution in [3.05, 3.63) is 77.5 Å². The molecule has 0 aliphatic rings. The van der Waals surface area contributed by atoms with Crippen molar-refractivity contribution in [2.24, 2.45) is 0 Å². The first-order valence-electron chi connectivity index (χ1n) is 6.18. The van der Waals surface area contributed by atoms with Gasteiger partial charge in [-0.3, -0.25) is 0 Å². The standard InChI is InChI=1S/C16H16O3S/c1-13(19-20(2,17)18)16(14-9-5-3-6-10-14)15-11-7-4-8-12-15/h3-12H,1-2H3. The van der Waals surface area contributed by atoms with Crippen LogP contribution in [0.1, 0.15) is 18.1 Å². The van der Waals surface area contributed by atoms with Gasteiger partial charge in [-0.1, -0.05) is 60.7 Å². The average Bonchev–Trinajstić information content (AvgIpc) is 2.39. The predicted molar refractivity (Wildman–Crippen MR) is 80.5 cm³/mol. The molecule has 0 bridgehead atoms. The van der Waals surface area contributed by atoms with Crippen LogP contribution in [0.15, 0.2) is 66.4 Å². The van der Waals surface area contributed by atoms with E-state index in [0.29, 0.717) is 5.76 Å². The minimum absolute atomic E-state index is 0.366. The second-order valence-electron chi connectivity index (χ2n) is 4.45. The SMILES string of the molecule is CC(OS(C)(=O)=O)=C(c1ccccc1)c1ccccc1. The van der Waals surface area contributed by atoms with E-state index in [1.165, 1.54) is 0 Å². The monoisotopic (exact) mass is 288 g/mol. The zero-order chi connectivity index (χ0) is 14.6. The maximum absolute atomic E-state index is 11.4. The van der Waals surface area contributed by atoms with Crippen LogP contribution in [0.2, 0.25) is 0 Å². The first-order valence-corrected chi connectivity index (χ1v) is 8.00. The molecule has 0 atom stereocenters. The molecule has 0 aromatic heterocycles. The summed E-state index contributed by atoms with van der Waals surface area (Å²) >= 11 is 0. The number of hydrogen-bond donors (Lipinski definition) is 0. The van der Waals surface area contributed by atoms with Gasteiger partial charge in [-0.2, -0.15) is 8.42 Å². The molecule has 0 saturated heterocycles. The van der Waals surface area contributed by atoms with Crippen molar-refractivity contribution in [1.82, 2.24) is 0 Å². The summed E-state index contributed by atoms with van der Waals surface area (Å²) in [5, 5.41) is 0. The summed E-state index contributed by atoms with van der Waals surface area (Å²) < 4.78 is 27.8. The lowest BCUT2D eigenvalue weighted by Crippen LogP contribution is -2.03. The minimum Gasteiger partial charge on any atom is -0.387 e. The molecular formula is C16H16O3S. The van der Waals surface area contributed by atoms with E-state index in [1.54, 1.807) is 6.92 Å². The normalized spacial score (nSPS) is 10.9. The maximum Gasteiger partial charge on any atom is 0.305 e. The van der Waals surface area contributed by atoms with Crippen molar-refractivity contribution in [3.8, 4) is 0 Å². The Morgan fingerprint density at radius 3 is 1.60 bits per heavy atom. The van der Waals surface area contributed by atoms with Crippen LogP contribution >= 0.6 is 0 Å². The Balaban J connectivity index is 2.59. The summed E-state index contributed by atoms with van der Waals surface area (Å²) in [6.45, 7) is 1.66. The summed E-state index contributed by atoms with van der Waals surface area (Å²) in [5.74, 6) is 0.366. The molecule has 20 heavy (non-hydrogen) atoms. The fourth-order valence-corrected chi connectivity index (χ4v) is 2.59. The zero-order valence-electron chi connectivity index (χ0n) is 11.4. The highest BCUT2D eigenvalue weighted by atomic mass is 32.2. The first kappa shape index (κ1) is 14.3. The fourth-order valence-electron chi connectivity index (χ4n) is 2.05. The van der Waals surface area contributed by atoms with Gasteiger partial charge in [-0.15, -0.1) is 0 Å². The van der Waals surface area contributed by atoms with Gasteiger partial charge in [0.05, 0.1) is 6.26 Å². The predicted octanol–water partition coefficient (Wildman–Crippen LogP) is 3.44. The molecule has 0 aliphatic carbocycles. The second-order valence-corrected chi connectivity index (χ2v) is 6.03. The van der Waals surface area contributed by atoms with Crippen LogP contribution in [0.25, 0.3) is 5.57 Å². The molecule has 3 nitrogen and oxygen atoms in total. The van der Waals surface area contributed by atoms with E-state index >= 15 is 0 Å². The maximum atomic E-state index is 11.4. The van der Waals surface area contributed by atoms with E-state index in [4.69, 9.17) is 4.18 Å². The van der Waals surface area contributed by atoms with Gasteiger partial charge in [-0.05, 0) is 18.1 Å². The molecule has 0 fully saturated rings. The Bertz CT molecular complexity index is 660. The van der Waals surface area contributed by atoms with Crippen molar-refractivity contribution >= 4 is 15.7 Å². The Morgan fingerprint density at radius 2 is 1.25 bits per heavy atom. The molecule has 0 unspecified atom stereocenters. The highest BCUT2D eigenvalue weighted by molar-refractivity contribution is 7.86. The average molecular weight is 288 g/mol. The molecule has 0 heterocycles. The van der Waals surface area contributed by atoms with Crippen LogP contribution in [-0.4, -0.2) is 14.7 Å². The molecule has 0 saturated carbocycles. The lowest BCUT2D eigenvalue weighted by molar-refractivity contribution is 0.415. The van der Waals surface area contributed by atoms with Crippen LogP contribution in [0.4, 0.5) is 0 Å². The van der Waals surface area contributed by atoms with Crippen molar-refractivity contribution < 1.29 is 12.6 Å². The zero-order valence-corrected chi connectivity index (χ0v) is 12.2. The van der Waals surface area contributed by atoms with Gasteiger partial charge < -0.3 is 4.18 Å². The summed E-state index contributed by atoms with van der Waals surface area (Å²) in [7, 11) is -3.54. The molecule has 0 radical (unpaired) electrons. The van der Waals surface area contributed by atoms with Crippen LogP contribution in [0, 0.1) is 0 Å². The van der Waals surface area contributed by atoms with E-state index in [1.807, 2.05) is 60.7 Å². The molecular weight excluding hydrogens is 272 g/mol. The van der Waals surface area contributed by atoms with Gasteiger partial charge in [0.25, 0.3) is 0 Å². The quantitative estimate of drug-likeness (QED) is 0.639. The minimum atomic E-state index is -3.54. The summed E-state index contributed by atoms with van der Waals surface area (Å²) in [5.41, 5.74) is 2.61. The van der Waals surface area contributed by atoms with Crippen LogP contribution in [0.5, 0.6) is 0 Å². The summed E-state index contributed by atoms with van der Waals surface area (Å²) in [6, 6.07) is 19.2. The number of rotatable bonds is 4. The molecule has 2 rings (SSSR count). The van der Waals surface area contributed by atoms with Crippen molar-refractivity contribution in [2.45, 2.75) is 6.92 Å². The molecule has 2 aromatic rings. The number of benzene rings is 2. The van der Waals surface area contributed by atoms with Crippen LogP contribution in [0.3, 0.4) is 0 Å². The smallest absolute Gasteiger partial charge is 0.305 e. The van der Waals surface area contributed by atoms with Gasteiger partial charge >= 0.3 is 10.1 Å². The van der Waals surface area contributed by atoms with Gasteiger partial charge in [0.15, 0.2) is 0 Å². The van der Waals surface area contributed by atoms with Crippen molar-refractivity contribution in [3.63, 3.8) is 0 Å². The number of allylic oxidation sites excluding steroid dienone is 1. The molecule has 0 spiro atoms. The third-order valence-electron chi connectivity index (χ3n) is 2.75. The highest BCUT2D eigenvalue weighted by Crippen LogP contribution is 2.27. The third kappa shape index (κ3) is 3.71. The molecule has 0 N–H and O–H groups in total. The van der Waals surface area contributed by atoms with Gasteiger partial charge in [-0.25, -0.2) is 0 Å². The van der Waals surface area contributed by atoms with Crippen molar-refractivity contribution in [1.29, 1.82) is 0 Å². The Kier molecular flexibility index (Phi) is 4.25. The number of hydrogen-bond acceptors (Lipinski definition) is 3. The van der Waals surface area contributed by atoms with Gasteiger partial charge in [0.1, 0.15) is 5.76 Å². The molecule has 104 valence electrons. The molecule has 4 heteroatoms. The highest BCUT2D eigenvalue weighted by Gasteiger charge is 2.13. The molecule has 0 aliphatic heterocycles. The van der Waals surface area contributed by atoms with E-state index < -0.39 is 10.1 Å². The van der Waals surface area contributed by atoms with Gasteiger partial charge in [0.2, 0.25) is 0 Å². The van der Waals surface area contributed by atoms with E-state index in [0.717, 1.165) is 23.0 Å². The first-order chi connectivity index (χ1) is 9.47. The summed E-state index contributed by atoms with van der Waals surface area (Å²) in [6.07, 6.45) is 1.05. The van der Waals surface area contributed by atoms with E-state index in [2.05, 4.69) is 0 Å². The summed E-state index contributed by atoms with van der Waals surface area (Å²) in [4.78, 5) is 0. The van der Waals surface area contributed by atoms with E-state index in [9.17, 15) is 8.42 Å². The molecule has 0 amide bonds. The van der Waals surface area contributed by atoms with Crippen LogP contribution in [-0.2, 0) is 14.3 Å². The topological polar surface area (TPSA) is 43.4 Å². The lowest BCUT2D eigenvalue weighted by Gasteiger charge is -2.13. The second kappa shape index (κ2) is 5.92. The third-order valence-corrected chi connectivity index (χ3v) is 3.31. The largest absolute Gasteiger partial charge is 0.387 e. The van der Waals surface area contributed by atoms with E-state index in [-0.39, 0.29) is 0 Å². The van der Waals surface area contributed by atoms with Gasteiger partial charge in [0, 0.05) is 5.57 Å².